The summed E-state index contributed by atoms with van der Waals surface area (Å²) in [5.74, 6) is -0.368. The molecule has 0 bridgehead atoms. The molecule has 1 unspecified atom stereocenters. The average molecular weight is 516 g/mol. The summed E-state index contributed by atoms with van der Waals surface area (Å²) in [5.41, 5.74) is -2.04. The van der Waals surface area contributed by atoms with Gasteiger partial charge in [-0.15, -0.1) is 0 Å². The fourth-order valence-electron chi connectivity index (χ4n) is 3.79. The number of hydrogen-bond acceptors (Lipinski definition) is 6. The molecule has 0 spiro atoms. The topological polar surface area (TPSA) is 114 Å². The first-order valence-electron chi connectivity index (χ1n) is 11.6. The number of esters is 1. The summed E-state index contributed by atoms with van der Waals surface area (Å²) < 4.78 is 39.5. The SMILES string of the molecule is COc1ccc(S(=O)(=O)N2CC=CCCC2(NC(=O)NCc2ccccc2)C(=O)OC(C)(C)C)cc1. The minimum atomic E-state index is -4.25. The maximum absolute atomic E-state index is 13.9. The molecule has 9 nitrogen and oxygen atoms in total. The van der Waals surface area contributed by atoms with E-state index in [1.165, 1.54) is 31.4 Å². The van der Waals surface area contributed by atoms with E-state index in [0.717, 1.165) is 9.87 Å². The van der Waals surface area contributed by atoms with Crippen molar-refractivity contribution in [2.45, 2.75) is 56.3 Å². The Morgan fingerprint density at radius 3 is 2.31 bits per heavy atom. The Morgan fingerprint density at radius 1 is 1.03 bits per heavy atom. The van der Waals surface area contributed by atoms with Crippen LogP contribution in [0.3, 0.4) is 0 Å². The predicted octanol–water partition coefficient (Wildman–Crippen LogP) is 3.57. The van der Waals surface area contributed by atoms with Crippen LogP contribution < -0.4 is 15.4 Å². The summed E-state index contributed by atoms with van der Waals surface area (Å²) in [5, 5.41) is 5.39. The van der Waals surface area contributed by atoms with Crippen molar-refractivity contribution in [1.29, 1.82) is 0 Å². The molecule has 0 fully saturated rings. The van der Waals surface area contributed by atoms with Crippen molar-refractivity contribution in [3.63, 3.8) is 0 Å². The fourth-order valence-corrected chi connectivity index (χ4v) is 5.43. The van der Waals surface area contributed by atoms with Crippen molar-refractivity contribution >= 4 is 22.0 Å². The van der Waals surface area contributed by atoms with Crippen molar-refractivity contribution < 1.29 is 27.5 Å². The van der Waals surface area contributed by atoms with Crippen LogP contribution in [0.15, 0.2) is 71.6 Å². The van der Waals surface area contributed by atoms with Gasteiger partial charge in [-0.1, -0.05) is 42.5 Å². The van der Waals surface area contributed by atoms with Gasteiger partial charge in [0.2, 0.25) is 15.7 Å². The van der Waals surface area contributed by atoms with Gasteiger partial charge in [-0.2, -0.15) is 4.31 Å². The normalized spacial score (nSPS) is 18.7. The van der Waals surface area contributed by atoms with E-state index in [0.29, 0.717) is 12.2 Å². The number of rotatable bonds is 7. The number of sulfonamides is 1. The first-order valence-corrected chi connectivity index (χ1v) is 13.1. The lowest BCUT2D eigenvalue weighted by Crippen LogP contribution is -2.68. The first-order chi connectivity index (χ1) is 17.0. The molecule has 0 aliphatic carbocycles. The summed E-state index contributed by atoms with van der Waals surface area (Å²) in [4.78, 5) is 26.7. The highest BCUT2D eigenvalue weighted by molar-refractivity contribution is 7.89. The zero-order chi connectivity index (χ0) is 26.4. The van der Waals surface area contributed by atoms with Crippen molar-refractivity contribution in [1.82, 2.24) is 14.9 Å². The number of benzene rings is 2. The maximum Gasteiger partial charge on any atom is 0.348 e. The highest BCUT2D eigenvalue weighted by atomic mass is 32.2. The molecule has 2 amide bonds. The van der Waals surface area contributed by atoms with E-state index in [9.17, 15) is 18.0 Å². The highest BCUT2D eigenvalue weighted by Crippen LogP contribution is 2.32. The van der Waals surface area contributed by atoms with Gasteiger partial charge in [0, 0.05) is 13.1 Å². The molecule has 1 aliphatic heterocycles. The van der Waals surface area contributed by atoms with Crippen LogP contribution in [0.4, 0.5) is 4.79 Å². The number of methoxy groups -OCH3 is 1. The number of nitrogens with zero attached hydrogens (tertiary/aromatic N) is 1. The van der Waals surface area contributed by atoms with Crippen LogP contribution in [-0.4, -0.2) is 49.6 Å². The standard InChI is InChI=1S/C26H33N3O6S/c1-25(2,3)35-23(30)26(28-24(31)27-19-20-11-7-5-8-12-20)17-9-6-10-18-29(26)36(32,33)22-15-13-21(34-4)14-16-22/h5-8,10-16H,9,17-19H2,1-4H3,(H2,27,28,31). The number of amides is 2. The molecule has 0 aromatic heterocycles. The number of allylic oxidation sites excluding steroid dienone is 1. The number of carbonyl (C=O) groups excluding carboxylic acids is 2. The molecule has 10 heteroatoms. The second-order valence-corrected chi connectivity index (χ2v) is 11.2. The number of ether oxygens (including phenoxy) is 2. The minimum Gasteiger partial charge on any atom is -0.497 e. The second-order valence-electron chi connectivity index (χ2n) is 9.38. The average Bonchev–Trinajstić information content (AvgIpc) is 3.06. The van der Waals surface area contributed by atoms with Gasteiger partial charge in [0.15, 0.2) is 0 Å². The Kier molecular flexibility index (Phi) is 8.42. The molecular weight excluding hydrogens is 482 g/mol. The summed E-state index contributed by atoms with van der Waals surface area (Å²) in [7, 11) is -2.77. The number of nitrogens with one attached hydrogen (secondary N) is 2. The van der Waals surface area contributed by atoms with E-state index < -0.39 is 33.3 Å². The smallest absolute Gasteiger partial charge is 0.348 e. The number of urea groups is 1. The quantitative estimate of drug-likeness (QED) is 0.430. The molecule has 0 saturated carbocycles. The largest absolute Gasteiger partial charge is 0.497 e. The van der Waals surface area contributed by atoms with E-state index in [2.05, 4.69) is 10.6 Å². The van der Waals surface area contributed by atoms with Gasteiger partial charge >= 0.3 is 12.0 Å². The van der Waals surface area contributed by atoms with Crippen molar-refractivity contribution in [3.8, 4) is 5.75 Å². The van der Waals surface area contributed by atoms with Crippen molar-refractivity contribution in [3.05, 3.63) is 72.3 Å². The molecule has 194 valence electrons. The van der Waals surface area contributed by atoms with Crippen LogP contribution in [0.1, 0.15) is 39.2 Å². The van der Waals surface area contributed by atoms with Gasteiger partial charge in [-0.05, 0) is 63.4 Å². The molecule has 1 aliphatic rings. The summed E-state index contributed by atoms with van der Waals surface area (Å²) in [6, 6.07) is 14.4. The van der Waals surface area contributed by atoms with Gasteiger partial charge in [0.1, 0.15) is 11.4 Å². The van der Waals surface area contributed by atoms with E-state index in [-0.39, 0.29) is 24.4 Å². The van der Waals surface area contributed by atoms with Gasteiger partial charge < -0.3 is 20.1 Å². The Hall–Kier alpha value is -3.37. The zero-order valence-corrected chi connectivity index (χ0v) is 21.8. The zero-order valence-electron chi connectivity index (χ0n) is 21.0. The number of carbonyl (C=O) groups is 2. The predicted molar refractivity (Wildman–Crippen MR) is 136 cm³/mol. The van der Waals surface area contributed by atoms with Gasteiger partial charge in [0.25, 0.3) is 0 Å². The van der Waals surface area contributed by atoms with Crippen LogP contribution in [-0.2, 0) is 26.1 Å². The lowest BCUT2D eigenvalue weighted by Gasteiger charge is -2.41. The molecule has 2 aromatic rings. The fraction of sp³-hybridized carbons (Fsp3) is 0.385. The van der Waals surface area contributed by atoms with Crippen LogP contribution in [0, 0.1) is 0 Å². The van der Waals surface area contributed by atoms with Crippen LogP contribution in [0.2, 0.25) is 0 Å². The Balaban J connectivity index is 2.01. The molecule has 2 N–H and O–H groups in total. The van der Waals surface area contributed by atoms with E-state index in [1.807, 2.05) is 30.3 Å². The molecule has 3 rings (SSSR count). The van der Waals surface area contributed by atoms with Gasteiger partial charge in [-0.25, -0.2) is 18.0 Å². The molecule has 0 radical (unpaired) electrons. The highest BCUT2D eigenvalue weighted by Gasteiger charge is 2.53. The van der Waals surface area contributed by atoms with Crippen LogP contribution in [0.5, 0.6) is 5.75 Å². The molecule has 1 heterocycles. The lowest BCUT2D eigenvalue weighted by molar-refractivity contribution is -0.168. The monoisotopic (exact) mass is 515 g/mol. The van der Waals surface area contributed by atoms with E-state index in [1.54, 1.807) is 32.9 Å². The van der Waals surface area contributed by atoms with Crippen molar-refractivity contribution in [2.75, 3.05) is 13.7 Å². The third kappa shape index (κ3) is 6.44. The van der Waals surface area contributed by atoms with E-state index >= 15 is 0 Å². The Labute approximate surface area is 212 Å². The lowest BCUT2D eigenvalue weighted by atomic mass is 10.0. The molecule has 0 saturated heterocycles. The van der Waals surface area contributed by atoms with E-state index in [4.69, 9.17) is 9.47 Å². The molecule has 36 heavy (non-hydrogen) atoms. The molecular formula is C26H33N3O6S. The summed E-state index contributed by atoms with van der Waals surface area (Å²) in [6.07, 6.45) is 3.79. The summed E-state index contributed by atoms with van der Waals surface area (Å²) in [6.45, 7) is 5.12. The molecule has 1 atom stereocenters. The second kappa shape index (κ2) is 11.1. The minimum absolute atomic E-state index is 0.00739. The van der Waals surface area contributed by atoms with Gasteiger partial charge in [0.05, 0.1) is 12.0 Å². The van der Waals surface area contributed by atoms with Crippen LogP contribution >= 0.6 is 0 Å². The first kappa shape index (κ1) is 27.2. The Morgan fingerprint density at radius 2 is 1.69 bits per heavy atom. The van der Waals surface area contributed by atoms with Crippen molar-refractivity contribution in [2.24, 2.45) is 0 Å². The number of hydrogen-bond donors (Lipinski definition) is 2. The molecule has 2 aromatic carbocycles. The maximum atomic E-state index is 13.9. The third-order valence-corrected chi connectivity index (χ3v) is 7.45. The third-order valence-electron chi connectivity index (χ3n) is 5.54. The Bertz CT molecular complexity index is 1190. The summed E-state index contributed by atoms with van der Waals surface area (Å²) >= 11 is 0. The van der Waals surface area contributed by atoms with Gasteiger partial charge in [-0.3, -0.25) is 0 Å². The van der Waals surface area contributed by atoms with Crippen LogP contribution in [0.25, 0.3) is 0 Å².